The Morgan fingerprint density at radius 3 is 2.24 bits per heavy atom. The lowest BCUT2D eigenvalue weighted by Crippen LogP contribution is -2.08. The number of alkyl halides is 3. The number of halogens is 4. The molecule has 0 spiro atoms. The van der Waals surface area contributed by atoms with Gasteiger partial charge in [0.15, 0.2) is 9.84 Å². The second kappa shape index (κ2) is 5.48. The molecule has 0 saturated carbocycles. The molecule has 2 nitrogen and oxygen atoms in total. The molecule has 0 amide bonds. The molecule has 21 heavy (non-hydrogen) atoms. The zero-order valence-corrected chi connectivity index (χ0v) is 11.4. The van der Waals surface area contributed by atoms with Gasteiger partial charge in [-0.05, 0) is 29.8 Å². The summed E-state index contributed by atoms with van der Waals surface area (Å²) in [6.45, 7) is 0. The van der Waals surface area contributed by atoms with Crippen LogP contribution in [0, 0.1) is 5.82 Å². The summed E-state index contributed by atoms with van der Waals surface area (Å²) in [5, 5.41) is 0. The fraction of sp³-hybridized carbons (Fsp3) is 0.143. The highest BCUT2D eigenvalue weighted by Crippen LogP contribution is 2.30. The Hall–Kier alpha value is -1.89. The lowest BCUT2D eigenvalue weighted by atomic mass is 10.1. The molecule has 0 aliphatic heterocycles. The Labute approximate surface area is 119 Å². The molecule has 0 N–H and O–H groups in total. The molecule has 0 saturated heterocycles. The van der Waals surface area contributed by atoms with Gasteiger partial charge in [0.2, 0.25) is 0 Å². The van der Waals surface area contributed by atoms with E-state index in [2.05, 4.69) is 0 Å². The third-order valence-corrected chi connectivity index (χ3v) is 4.45. The molecular formula is C14H10F4O2S. The van der Waals surface area contributed by atoms with Gasteiger partial charge in [0.1, 0.15) is 5.82 Å². The first-order valence-electron chi connectivity index (χ1n) is 5.83. The molecule has 0 unspecified atom stereocenters. The quantitative estimate of drug-likeness (QED) is 0.806. The van der Waals surface area contributed by atoms with Crippen molar-refractivity contribution >= 4 is 9.84 Å². The van der Waals surface area contributed by atoms with Gasteiger partial charge in [-0.3, -0.25) is 0 Å². The number of benzene rings is 2. The van der Waals surface area contributed by atoms with Crippen LogP contribution < -0.4 is 0 Å². The van der Waals surface area contributed by atoms with Gasteiger partial charge in [-0.2, -0.15) is 13.2 Å². The van der Waals surface area contributed by atoms with Crippen molar-refractivity contribution in [1.29, 1.82) is 0 Å². The Bertz CT molecular complexity index is 752. The van der Waals surface area contributed by atoms with Crippen molar-refractivity contribution in [3.05, 3.63) is 65.5 Å². The number of sulfone groups is 1. The Balaban J connectivity index is 2.33. The summed E-state index contributed by atoms with van der Waals surface area (Å²) in [6.07, 6.45) is -4.54. The molecule has 0 bridgehead atoms. The molecule has 2 aromatic rings. The van der Waals surface area contributed by atoms with Crippen LogP contribution in [0.5, 0.6) is 0 Å². The minimum absolute atomic E-state index is 0.00548. The highest BCUT2D eigenvalue weighted by atomic mass is 32.2. The second-order valence-corrected chi connectivity index (χ2v) is 6.40. The molecule has 112 valence electrons. The van der Waals surface area contributed by atoms with Crippen LogP contribution in [-0.4, -0.2) is 8.42 Å². The van der Waals surface area contributed by atoms with Crippen molar-refractivity contribution in [2.75, 3.05) is 0 Å². The number of hydrogen-bond donors (Lipinski definition) is 0. The molecule has 2 aromatic carbocycles. The van der Waals surface area contributed by atoms with Crippen molar-refractivity contribution in [2.45, 2.75) is 16.8 Å². The molecule has 0 aromatic heterocycles. The zero-order valence-electron chi connectivity index (χ0n) is 10.6. The monoisotopic (exact) mass is 318 g/mol. The normalized spacial score (nSPS) is 12.4. The van der Waals surface area contributed by atoms with Crippen LogP contribution in [0.2, 0.25) is 0 Å². The van der Waals surface area contributed by atoms with Crippen molar-refractivity contribution in [3.8, 4) is 0 Å². The summed E-state index contributed by atoms with van der Waals surface area (Å²) in [5.74, 6) is -1.35. The Morgan fingerprint density at radius 1 is 0.952 bits per heavy atom. The van der Waals surface area contributed by atoms with E-state index in [9.17, 15) is 26.0 Å². The van der Waals surface area contributed by atoms with E-state index >= 15 is 0 Å². The summed E-state index contributed by atoms with van der Waals surface area (Å²) in [7, 11) is -3.91. The van der Waals surface area contributed by atoms with Gasteiger partial charge in [0.05, 0.1) is 16.2 Å². The topological polar surface area (TPSA) is 34.1 Å². The van der Waals surface area contributed by atoms with Crippen LogP contribution in [0.15, 0.2) is 53.4 Å². The van der Waals surface area contributed by atoms with Gasteiger partial charge in [0, 0.05) is 0 Å². The fourth-order valence-electron chi connectivity index (χ4n) is 1.80. The second-order valence-electron chi connectivity index (χ2n) is 4.41. The molecule has 0 aliphatic rings. The van der Waals surface area contributed by atoms with Crippen LogP contribution in [0.25, 0.3) is 0 Å². The van der Waals surface area contributed by atoms with E-state index in [0.717, 1.165) is 30.3 Å². The summed E-state index contributed by atoms with van der Waals surface area (Å²) in [5.41, 5.74) is -0.927. The average molecular weight is 318 g/mol. The van der Waals surface area contributed by atoms with Gasteiger partial charge in [-0.1, -0.05) is 24.3 Å². The van der Waals surface area contributed by atoms with E-state index in [1.54, 1.807) is 0 Å². The van der Waals surface area contributed by atoms with Gasteiger partial charge in [-0.15, -0.1) is 0 Å². The smallest absolute Gasteiger partial charge is 0.223 e. The molecule has 0 atom stereocenters. The molecule has 0 aliphatic carbocycles. The van der Waals surface area contributed by atoms with Crippen molar-refractivity contribution in [3.63, 3.8) is 0 Å². The van der Waals surface area contributed by atoms with E-state index < -0.39 is 33.1 Å². The first-order valence-corrected chi connectivity index (χ1v) is 7.48. The first-order chi connectivity index (χ1) is 9.68. The first kappa shape index (κ1) is 15.5. The SMILES string of the molecule is O=S(=O)(Cc1cccc(C(F)(F)F)c1)c1cccc(F)c1. The van der Waals surface area contributed by atoms with Crippen molar-refractivity contribution < 1.29 is 26.0 Å². The summed E-state index contributed by atoms with van der Waals surface area (Å²) < 4.78 is 74.9. The van der Waals surface area contributed by atoms with Crippen LogP contribution >= 0.6 is 0 Å². The maximum atomic E-state index is 13.0. The van der Waals surface area contributed by atoms with E-state index in [1.165, 1.54) is 18.2 Å². The lowest BCUT2D eigenvalue weighted by molar-refractivity contribution is -0.137. The fourth-order valence-corrected chi connectivity index (χ4v) is 3.16. The molecule has 0 heterocycles. The van der Waals surface area contributed by atoms with Crippen LogP contribution in [0.3, 0.4) is 0 Å². The predicted octanol–water partition coefficient (Wildman–Crippen LogP) is 3.82. The van der Waals surface area contributed by atoms with Crippen LogP contribution in [0.1, 0.15) is 11.1 Å². The Kier molecular flexibility index (Phi) is 4.04. The summed E-state index contributed by atoms with van der Waals surface area (Å²) in [6, 6.07) is 8.41. The van der Waals surface area contributed by atoms with E-state index in [1.807, 2.05) is 0 Å². The summed E-state index contributed by atoms with van der Waals surface area (Å²) in [4.78, 5) is -0.264. The third-order valence-electron chi connectivity index (χ3n) is 2.77. The van der Waals surface area contributed by atoms with E-state index in [0.29, 0.717) is 0 Å². The van der Waals surface area contributed by atoms with Gasteiger partial charge >= 0.3 is 6.18 Å². The predicted molar refractivity (Wildman–Crippen MR) is 68.7 cm³/mol. The van der Waals surface area contributed by atoms with Crippen molar-refractivity contribution in [1.82, 2.24) is 0 Å². The van der Waals surface area contributed by atoms with E-state index in [4.69, 9.17) is 0 Å². The molecular weight excluding hydrogens is 308 g/mol. The maximum absolute atomic E-state index is 13.0. The lowest BCUT2D eigenvalue weighted by Gasteiger charge is -2.09. The van der Waals surface area contributed by atoms with Gasteiger partial charge < -0.3 is 0 Å². The van der Waals surface area contributed by atoms with Gasteiger partial charge in [0.25, 0.3) is 0 Å². The zero-order chi connectivity index (χ0) is 15.7. The minimum atomic E-state index is -4.54. The number of rotatable bonds is 3. The van der Waals surface area contributed by atoms with Crippen LogP contribution in [-0.2, 0) is 21.8 Å². The van der Waals surface area contributed by atoms with Gasteiger partial charge in [-0.25, -0.2) is 12.8 Å². The molecule has 7 heteroatoms. The number of hydrogen-bond acceptors (Lipinski definition) is 2. The maximum Gasteiger partial charge on any atom is 0.416 e. The summed E-state index contributed by atoms with van der Waals surface area (Å²) >= 11 is 0. The molecule has 0 fully saturated rings. The largest absolute Gasteiger partial charge is 0.416 e. The minimum Gasteiger partial charge on any atom is -0.223 e. The molecule has 2 rings (SSSR count). The highest BCUT2D eigenvalue weighted by Gasteiger charge is 2.30. The van der Waals surface area contributed by atoms with Crippen molar-refractivity contribution in [2.24, 2.45) is 0 Å². The Morgan fingerprint density at radius 2 is 1.62 bits per heavy atom. The highest BCUT2D eigenvalue weighted by molar-refractivity contribution is 7.90. The van der Waals surface area contributed by atoms with E-state index in [-0.39, 0.29) is 10.5 Å². The van der Waals surface area contributed by atoms with Crippen LogP contribution in [0.4, 0.5) is 17.6 Å². The third kappa shape index (κ3) is 3.81. The molecule has 0 radical (unpaired) electrons. The average Bonchev–Trinajstić information content (AvgIpc) is 2.37. The standard InChI is InChI=1S/C14H10F4O2S/c15-12-5-2-6-13(8-12)21(19,20)9-10-3-1-4-11(7-10)14(16,17)18/h1-8H,9H2.